The Hall–Kier alpha value is -3.29. The van der Waals surface area contributed by atoms with Crippen LogP contribution in [0.5, 0.6) is 11.6 Å². The summed E-state index contributed by atoms with van der Waals surface area (Å²) in [4.78, 5) is 32.4. The largest absolute Gasteiger partial charge is 0.497 e. The minimum Gasteiger partial charge on any atom is -0.497 e. The highest BCUT2D eigenvalue weighted by molar-refractivity contribution is 5.95. The number of anilines is 2. The summed E-state index contributed by atoms with van der Waals surface area (Å²) in [7, 11) is 1.67. The number of carboxylic acids is 1. The van der Waals surface area contributed by atoms with E-state index in [0.717, 1.165) is 62.2 Å². The molecule has 8 heteroatoms. The second kappa shape index (κ2) is 10.6. The Morgan fingerprint density at radius 2 is 1.84 bits per heavy atom. The SMILES string of the molecule is COc1cc(N2CCC(COc3cc([C@H](C4CC4)[C@H](C)C(=O)O)ccn3)CC2)c2c(c1)N(C(C)=O)CC2. The van der Waals surface area contributed by atoms with Crippen LogP contribution in [0.4, 0.5) is 11.4 Å². The number of hydrogen-bond donors (Lipinski definition) is 1. The van der Waals surface area contributed by atoms with Crippen LogP contribution in [0.25, 0.3) is 0 Å². The number of nitrogens with zero attached hydrogens (tertiary/aromatic N) is 3. The molecule has 2 atom stereocenters. The Morgan fingerprint density at radius 1 is 1.11 bits per heavy atom. The normalized spacial score (nSPS) is 19.3. The molecule has 0 spiro atoms. The molecule has 5 rings (SSSR count). The summed E-state index contributed by atoms with van der Waals surface area (Å²) in [6.07, 6.45) is 6.78. The van der Waals surface area contributed by atoms with Gasteiger partial charge in [0.2, 0.25) is 11.8 Å². The van der Waals surface area contributed by atoms with Crippen LogP contribution in [0.15, 0.2) is 30.5 Å². The number of carbonyl (C=O) groups is 2. The van der Waals surface area contributed by atoms with Gasteiger partial charge in [0.05, 0.1) is 25.3 Å². The van der Waals surface area contributed by atoms with E-state index in [9.17, 15) is 14.7 Å². The molecule has 1 amide bonds. The first-order valence-electron chi connectivity index (χ1n) is 13.4. The molecule has 1 aromatic heterocycles. The Balaban J connectivity index is 1.21. The molecule has 37 heavy (non-hydrogen) atoms. The molecule has 8 nitrogen and oxygen atoms in total. The summed E-state index contributed by atoms with van der Waals surface area (Å²) >= 11 is 0. The molecule has 1 saturated heterocycles. The van der Waals surface area contributed by atoms with Gasteiger partial charge < -0.3 is 24.4 Å². The molecule has 198 valence electrons. The van der Waals surface area contributed by atoms with Crippen molar-refractivity contribution in [2.45, 2.75) is 51.9 Å². The van der Waals surface area contributed by atoms with Crippen LogP contribution >= 0.6 is 0 Å². The summed E-state index contributed by atoms with van der Waals surface area (Å²) in [5.74, 6) is 1.11. The number of rotatable bonds is 9. The van der Waals surface area contributed by atoms with Crippen LogP contribution in [0.3, 0.4) is 0 Å². The topological polar surface area (TPSA) is 92.2 Å². The van der Waals surface area contributed by atoms with Gasteiger partial charge in [0.15, 0.2) is 0 Å². The minimum atomic E-state index is -0.751. The van der Waals surface area contributed by atoms with E-state index >= 15 is 0 Å². The predicted molar refractivity (Wildman–Crippen MR) is 142 cm³/mol. The number of amides is 1. The van der Waals surface area contributed by atoms with Gasteiger partial charge in [-0.2, -0.15) is 0 Å². The summed E-state index contributed by atoms with van der Waals surface area (Å²) in [6, 6.07) is 7.95. The average Bonchev–Trinajstić information content (AvgIpc) is 3.64. The smallest absolute Gasteiger partial charge is 0.306 e. The zero-order chi connectivity index (χ0) is 26.1. The van der Waals surface area contributed by atoms with Crippen molar-refractivity contribution in [1.82, 2.24) is 4.98 Å². The number of carbonyl (C=O) groups excluding carboxylic acids is 1. The van der Waals surface area contributed by atoms with Crippen molar-refractivity contribution in [2.24, 2.45) is 17.8 Å². The van der Waals surface area contributed by atoms with Gasteiger partial charge in [0.1, 0.15) is 5.75 Å². The van der Waals surface area contributed by atoms with E-state index in [1.54, 1.807) is 27.2 Å². The lowest BCUT2D eigenvalue weighted by atomic mass is 9.84. The molecule has 3 heterocycles. The molecule has 1 aliphatic carbocycles. The van der Waals surface area contributed by atoms with E-state index in [-0.39, 0.29) is 11.8 Å². The number of fused-ring (bicyclic) bond motifs is 1. The van der Waals surface area contributed by atoms with E-state index in [2.05, 4.69) is 16.0 Å². The van der Waals surface area contributed by atoms with E-state index in [0.29, 0.717) is 30.9 Å². The van der Waals surface area contributed by atoms with Crippen LogP contribution in [-0.2, 0) is 16.0 Å². The Bertz CT molecular complexity index is 1160. The van der Waals surface area contributed by atoms with Crippen molar-refractivity contribution in [3.05, 3.63) is 41.6 Å². The molecule has 1 aromatic carbocycles. The Kier molecular flexibility index (Phi) is 7.26. The summed E-state index contributed by atoms with van der Waals surface area (Å²) in [6.45, 7) is 6.57. The lowest BCUT2D eigenvalue weighted by Crippen LogP contribution is -2.36. The van der Waals surface area contributed by atoms with Crippen molar-refractivity contribution in [1.29, 1.82) is 0 Å². The third kappa shape index (κ3) is 5.38. The van der Waals surface area contributed by atoms with Gasteiger partial charge >= 0.3 is 5.97 Å². The maximum Gasteiger partial charge on any atom is 0.306 e. The summed E-state index contributed by atoms with van der Waals surface area (Å²) in [5, 5.41) is 9.58. The standard InChI is InChI=1S/C29H37N3O5/c1-18(29(34)35)28(21-4-5-21)22-6-10-30-27(14-22)37-17-20-7-11-31(12-8-20)25-15-23(36-3)16-26-24(25)9-13-32(26)19(2)33/h6,10,14-16,18,20-21,28H,4-5,7-9,11-13,17H2,1-3H3,(H,34,35)/t18-,28-/m0/s1. The van der Waals surface area contributed by atoms with Gasteiger partial charge in [0.25, 0.3) is 0 Å². The van der Waals surface area contributed by atoms with Crippen LogP contribution in [-0.4, -0.2) is 55.3 Å². The molecule has 3 aliphatic rings. The van der Waals surface area contributed by atoms with E-state index in [1.807, 2.05) is 23.1 Å². The molecular weight excluding hydrogens is 470 g/mol. The van der Waals surface area contributed by atoms with Gasteiger partial charge in [-0.05, 0) is 61.5 Å². The number of hydrogen-bond acceptors (Lipinski definition) is 6. The lowest BCUT2D eigenvalue weighted by molar-refractivity contribution is -0.142. The van der Waals surface area contributed by atoms with Gasteiger partial charge in [-0.15, -0.1) is 0 Å². The first kappa shape index (κ1) is 25.4. The number of aliphatic carboxylic acids is 1. The average molecular weight is 508 g/mol. The summed E-state index contributed by atoms with van der Waals surface area (Å²) < 4.78 is 11.7. The van der Waals surface area contributed by atoms with Crippen LogP contribution in [0, 0.1) is 17.8 Å². The molecule has 0 unspecified atom stereocenters. The maximum absolute atomic E-state index is 12.1. The number of carboxylic acid groups (broad SMARTS) is 1. The van der Waals surface area contributed by atoms with Gasteiger partial charge in [-0.25, -0.2) is 4.98 Å². The molecule has 1 saturated carbocycles. The van der Waals surface area contributed by atoms with Crippen LogP contribution in [0.1, 0.15) is 56.6 Å². The number of aromatic nitrogens is 1. The third-order valence-electron chi connectivity index (χ3n) is 8.29. The second-order valence-corrected chi connectivity index (χ2v) is 10.7. The Morgan fingerprint density at radius 3 is 2.49 bits per heavy atom. The number of benzene rings is 1. The van der Waals surface area contributed by atoms with Crippen LogP contribution < -0.4 is 19.3 Å². The maximum atomic E-state index is 12.1. The van der Waals surface area contributed by atoms with Crippen LogP contribution in [0.2, 0.25) is 0 Å². The summed E-state index contributed by atoms with van der Waals surface area (Å²) in [5.41, 5.74) is 4.39. The number of pyridine rings is 1. The first-order chi connectivity index (χ1) is 17.9. The van der Waals surface area contributed by atoms with Crippen molar-refractivity contribution in [2.75, 3.05) is 43.2 Å². The number of ether oxygens (including phenoxy) is 2. The van der Waals surface area contributed by atoms with Gasteiger partial charge in [0, 0.05) is 62.2 Å². The van der Waals surface area contributed by atoms with E-state index in [1.165, 1.54) is 11.3 Å². The molecular formula is C29H37N3O5. The van der Waals surface area contributed by atoms with Crippen molar-refractivity contribution >= 4 is 23.3 Å². The molecule has 2 fully saturated rings. The monoisotopic (exact) mass is 507 g/mol. The van der Waals surface area contributed by atoms with E-state index in [4.69, 9.17) is 9.47 Å². The zero-order valence-electron chi connectivity index (χ0n) is 22.0. The minimum absolute atomic E-state index is 0.00890. The fraction of sp³-hybridized carbons (Fsp3) is 0.552. The number of piperidine rings is 1. The highest BCUT2D eigenvalue weighted by Gasteiger charge is 2.39. The first-order valence-corrected chi connectivity index (χ1v) is 13.4. The zero-order valence-corrected chi connectivity index (χ0v) is 22.0. The molecule has 2 aromatic rings. The van der Waals surface area contributed by atoms with Gasteiger partial charge in [-0.3, -0.25) is 9.59 Å². The van der Waals surface area contributed by atoms with Crippen molar-refractivity contribution < 1.29 is 24.2 Å². The third-order valence-corrected chi connectivity index (χ3v) is 8.29. The Labute approximate surface area is 218 Å². The molecule has 2 aliphatic heterocycles. The molecule has 1 N–H and O–H groups in total. The quantitative estimate of drug-likeness (QED) is 0.534. The predicted octanol–water partition coefficient (Wildman–Crippen LogP) is 4.51. The lowest BCUT2D eigenvalue weighted by Gasteiger charge is -2.35. The van der Waals surface area contributed by atoms with Crippen molar-refractivity contribution in [3.8, 4) is 11.6 Å². The van der Waals surface area contributed by atoms with Gasteiger partial charge in [-0.1, -0.05) is 6.92 Å². The van der Waals surface area contributed by atoms with Crippen molar-refractivity contribution in [3.63, 3.8) is 0 Å². The molecule has 0 radical (unpaired) electrons. The highest BCUT2D eigenvalue weighted by atomic mass is 16.5. The fourth-order valence-corrected chi connectivity index (χ4v) is 6.02. The van der Waals surface area contributed by atoms with E-state index < -0.39 is 11.9 Å². The highest BCUT2D eigenvalue weighted by Crippen LogP contribution is 2.47. The second-order valence-electron chi connectivity index (χ2n) is 10.7. The fourth-order valence-electron chi connectivity index (χ4n) is 6.02. The molecule has 0 bridgehead atoms. The number of methoxy groups -OCH3 is 1.